The van der Waals surface area contributed by atoms with Crippen LogP contribution < -0.4 is 10.2 Å². The van der Waals surface area contributed by atoms with E-state index in [1.165, 1.54) is 6.07 Å². The molecule has 0 radical (unpaired) electrons. The molecule has 0 bridgehead atoms. The third kappa shape index (κ3) is 2.99. The van der Waals surface area contributed by atoms with E-state index in [2.05, 4.69) is 33.1 Å². The summed E-state index contributed by atoms with van der Waals surface area (Å²) in [5, 5.41) is 3.36. The molecule has 1 N–H and O–H groups in total. The molecule has 2 nitrogen and oxygen atoms in total. The fourth-order valence-corrected chi connectivity index (χ4v) is 2.93. The third-order valence-electron chi connectivity index (χ3n) is 3.22. The average Bonchev–Trinajstić information content (AvgIpc) is 2.75. The molecule has 2 rings (SSSR count). The lowest BCUT2D eigenvalue weighted by Crippen LogP contribution is -2.26. The van der Waals surface area contributed by atoms with Crippen molar-refractivity contribution in [2.75, 3.05) is 31.1 Å². The summed E-state index contributed by atoms with van der Waals surface area (Å²) in [6.45, 7) is 6.02. The van der Waals surface area contributed by atoms with Crippen molar-refractivity contribution < 1.29 is 4.39 Å². The fourth-order valence-electron chi connectivity index (χ4n) is 2.34. The SMILES string of the molecule is CCNCC1CCN(c2c(F)cccc2Br)C1. The van der Waals surface area contributed by atoms with E-state index in [1.807, 2.05) is 6.07 Å². The minimum absolute atomic E-state index is 0.136. The molecule has 0 amide bonds. The zero-order chi connectivity index (χ0) is 12.3. The lowest BCUT2D eigenvalue weighted by Gasteiger charge is -2.21. The van der Waals surface area contributed by atoms with Crippen LogP contribution in [-0.2, 0) is 0 Å². The zero-order valence-corrected chi connectivity index (χ0v) is 11.6. The van der Waals surface area contributed by atoms with Gasteiger partial charge in [0, 0.05) is 17.6 Å². The van der Waals surface area contributed by atoms with Crippen molar-refractivity contribution in [1.29, 1.82) is 0 Å². The van der Waals surface area contributed by atoms with Gasteiger partial charge in [-0.2, -0.15) is 0 Å². The largest absolute Gasteiger partial charge is 0.368 e. The van der Waals surface area contributed by atoms with Crippen molar-refractivity contribution in [3.8, 4) is 0 Å². The molecule has 1 heterocycles. The number of para-hydroxylation sites is 1. The number of halogens is 2. The first-order chi connectivity index (χ1) is 8.22. The van der Waals surface area contributed by atoms with Crippen LogP contribution in [0.25, 0.3) is 0 Å². The van der Waals surface area contributed by atoms with Crippen molar-refractivity contribution in [3.63, 3.8) is 0 Å². The zero-order valence-electron chi connectivity index (χ0n) is 10.0. The highest BCUT2D eigenvalue weighted by molar-refractivity contribution is 9.10. The number of benzene rings is 1. The Hall–Kier alpha value is -0.610. The fraction of sp³-hybridized carbons (Fsp3) is 0.538. The van der Waals surface area contributed by atoms with Crippen molar-refractivity contribution in [1.82, 2.24) is 5.32 Å². The van der Waals surface area contributed by atoms with Gasteiger partial charge in [-0.15, -0.1) is 0 Å². The summed E-state index contributed by atoms with van der Waals surface area (Å²) >= 11 is 3.43. The molecule has 1 aromatic carbocycles. The summed E-state index contributed by atoms with van der Waals surface area (Å²) in [4.78, 5) is 2.14. The van der Waals surface area contributed by atoms with Gasteiger partial charge in [0.2, 0.25) is 0 Å². The van der Waals surface area contributed by atoms with E-state index in [0.29, 0.717) is 11.6 Å². The van der Waals surface area contributed by atoms with Gasteiger partial charge in [0.25, 0.3) is 0 Å². The summed E-state index contributed by atoms with van der Waals surface area (Å²) < 4.78 is 14.6. The topological polar surface area (TPSA) is 15.3 Å². The highest BCUT2D eigenvalue weighted by Gasteiger charge is 2.25. The Morgan fingerprint density at radius 1 is 1.53 bits per heavy atom. The van der Waals surface area contributed by atoms with Gasteiger partial charge in [-0.05, 0) is 53.5 Å². The second-order valence-corrected chi connectivity index (χ2v) is 5.33. The molecular weight excluding hydrogens is 283 g/mol. The van der Waals surface area contributed by atoms with Crippen LogP contribution >= 0.6 is 15.9 Å². The highest BCUT2D eigenvalue weighted by atomic mass is 79.9. The van der Waals surface area contributed by atoms with Gasteiger partial charge in [-0.1, -0.05) is 13.0 Å². The number of hydrogen-bond acceptors (Lipinski definition) is 2. The minimum atomic E-state index is -0.136. The molecule has 1 aliphatic rings. The summed E-state index contributed by atoms with van der Waals surface area (Å²) in [6.07, 6.45) is 1.13. The number of hydrogen-bond donors (Lipinski definition) is 1. The summed E-state index contributed by atoms with van der Waals surface area (Å²) in [5.41, 5.74) is 0.714. The molecule has 0 aliphatic carbocycles. The molecule has 17 heavy (non-hydrogen) atoms. The molecule has 1 aromatic rings. The maximum Gasteiger partial charge on any atom is 0.147 e. The van der Waals surface area contributed by atoms with Crippen LogP contribution in [0.15, 0.2) is 22.7 Å². The third-order valence-corrected chi connectivity index (χ3v) is 3.86. The van der Waals surface area contributed by atoms with Gasteiger partial charge in [0.1, 0.15) is 5.82 Å². The van der Waals surface area contributed by atoms with E-state index in [9.17, 15) is 4.39 Å². The first-order valence-electron chi connectivity index (χ1n) is 6.12. The van der Waals surface area contributed by atoms with E-state index in [4.69, 9.17) is 0 Å². The quantitative estimate of drug-likeness (QED) is 0.919. The first-order valence-corrected chi connectivity index (χ1v) is 6.91. The molecule has 1 aliphatic heterocycles. The van der Waals surface area contributed by atoms with Gasteiger partial charge < -0.3 is 10.2 Å². The van der Waals surface area contributed by atoms with Crippen LogP contribution in [0.3, 0.4) is 0 Å². The molecule has 94 valence electrons. The number of anilines is 1. The molecule has 1 saturated heterocycles. The smallest absolute Gasteiger partial charge is 0.147 e. The summed E-state index contributed by atoms with van der Waals surface area (Å²) in [7, 11) is 0. The van der Waals surface area contributed by atoms with E-state index in [-0.39, 0.29) is 5.82 Å². The normalized spacial score (nSPS) is 19.9. The van der Waals surface area contributed by atoms with Crippen molar-refractivity contribution >= 4 is 21.6 Å². The number of rotatable bonds is 4. The van der Waals surface area contributed by atoms with E-state index < -0.39 is 0 Å². The van der Waals surface area contributed by atoms with E-state index in [0.717, 1.165) is 37.1 Å². The van der Waals surface area contributed by atoms with Crippen LogP contribution in [0.4, 0.5) is 10.1 Å². The van der Waals surface area contributed by atoms with Crippen LogP contribution in [0.5, 0.6) is 0 Å². The maximum absolute atomic E-state index is 13.8. The van der Waals surface area contributed by atoms with Crippen molar-refractivity contribution in [2.45, 2.75) is 13.3 Å². The van der Waals surface area contributed by atoms with Crippen LogP contribution in [-0.4, -0.2) is 26.2 Å². The predicted molar refractivity (Wildman–Crippen MR) is 73.0 cm³/mol. The molecule has 1 unspecified atom stereocenters. The lowest BCUT2D eigenvalue weighted by atomic mass is 10.1. The molecule has 4 heteroatoms. The van der Waals surface area contributed by atoms with Gasteiger partial charge in [0.15, 0.2) is 0 Å². The monoisotopic (exact) mass is 300 g/mol. The molecule has 1 fully saturated rings. The standard InChI is InChI=1S/C13H18BrFN2/c1-2-16-8-10-6-7-17(9-10)13-11(14)4-3-5-12(13)15/h3-5,10,16H,2,6-9H2,1H3. The second kappa shape index (κ2) is 5.83. The second-order valence-electron chi connectivity index (χ2n) is 4.48. The van der Waals surface area contributed by atoms with Gasteiger partial charge in [0.05, 0.1) is 5.69 Å². The van der Waals surface area contributed by atoms with Crippen LogP contribution in [0.1, 0.15) is 13.3 Å². The summed E-state index contributed by atoms with van der Waals surface area (Å²) in [6, 6.07) is 5.16. The predicted octanol–water partition coefficient (Wildman–Crippen LogP) is 3.02. The molecule has 0 saturated carbocycles. The Morgan fingerprint density at radius 2 is 2.35 bits per heavy atom. The van der Waals surface area contributed by atoms with Crippen LogP contribution in [0, 0.1) is 11.7 Å². The highest BCUT2D eigenvalue weighted by Crippen LogP contribution is 2.32. The molecule has 0 aromatic heterocycles. The maximum atomic E-state index is 13.8. The molecular formula is C13H18BrFN2. The Labute approximate surface area is 110 Å². The van der Waals surface area contributed by atoms with Gasteiger partial charge in [-0.3, -0.25) is 0 Å². The number of nitrogens with one attached hydrogen (secondary N) is 1. The van der Waals surface area contributed by atoms with E-state index in [1.54, 1.807) is 6.07 Å². The van der Waals surface area contributed by atoms with Crippen LogP contribution in [0.2, 0.25) is 0 Å². The minimum Gasteiger partial charge on any atom is -0.368 e. The summed E-state index contributed by atoms with van der Waals surface area (Å²) in [5.74, 6) is 0.491. The van der Waals surface area contributed by atoms with Gasteiger partial charge in [-0.25, -0.2) is 4.39 Å². The molecule has 1 atom stereocenters. The van der Waals surface area contributed by atoms with Gasteiger partial charge >= 0.3 is 0 Å². The Morgan fingerprint density at radius 3 is 3.06 bits per heavy atom. The number of nitrogens with zero attached hydrogens (tertiary/aromatic N) is 1. The van der Waals surface area contributed by atoms with E-state index >= 15 is 0 Å². The Balaban J connectivity index is 2.05. The average molecular weight is 301 g/mol. The van der Waals surface area contributed by atoms with Crippen molar-refractivity contribution in [3.05, 3.63) is 28.5 Å². The lowest BCUT2D eigenvalue weighted by molar-refractivity contribution is 0.527. The molecule has 0 spiro atoms. The first kappa shape index (κ1) is 12.8. The Bertz CT molecular complexity index is 363. The van der Waals surface area contributed by atoms with Crippen molar-refractivity contribution in [2.24, 2.45) is 5.92 Å². The Kier molecular flexibility index (Phi) is 4.40.